The van der Waals surface area contributed by atoms with Gasteiger partial charge < -0.3 is 5.32 Å². The number of nitro benzene ring substituents is 1. The van der Waals surface area contributed by atoms with Crippen LogP contribution in [0.3, 0.4) is 0 Å². The molecule has 0 radical (unpaired) electrons. The number of nitrogens with zero attached hydrogens (tertiary/aromatic N) is 1. The van der Waals surface area contributed by atoms with Gasteiger partial charge in [-0.2, -0.15) is 0 Å². The number of fused-ring (bicyclic) bond motifs is 1. The van der Waals surface area contributed by atoms with Gasteiger partial charge in [-0.1, -0.05) is 6.92 Å². The van der Waals surface area contributed by atoms with Gasteiger partial charge in [0.2, 0.25) is 0 Å². The summed E-state index contributed by atoms with van der Waals surface area (Å²) >= 11 is 3.72. The quantitative estimate of drug-likeness (QED) is 0.638. The molecule has 2 atom stereocenters. The van der Waals surface area contributed by atoms with Gasteiger partial charge in [0.15, 0.2) is 0 Å². The molecule has 1 aromatic carbocycles. The molecular formula is C15H16N2O2S2. The normalized spacial score (nSPS) is 20.9. The molecule has 0 saturated heterocycles. The Bertz CT molecular complexity index is 684. The van der Waals surface area contributed by atoms with Crippen molar-refractivity contribution in [2.24, 2.45) is 0 Å². The molecule has 0 saturated carbocycles. The molecule has 2 heterocycles. The van der Waals surface area contributed by atoms with E-state index in [0.29, 0.717) is 5.25 Å². The molecule has 2 aromatic rings. The second kappa shape index (κ2) is 5.69. The Hall–Kier alpha value is -1.53. The fourth-order valence-electron chi connectivity index (χ4n) is 2.60. The van der Waals surface area contributed by atoms with E-state index in [1.165, 1.54) is 9.77 Å². The van der Waals surface area contributed by atoms with Crippen molar-refractivity contribution in [3.63, 3.8) is 0 Å². The van der Waals surface area contributed by atoms with E-state index >= 15 is 0 Å². The lowest BCUT2D eigenvalue weighted by Crippen LogP contribution is -2.19. The van der Waals surface area contributed by atoms with E-state index in [0.717, 1.165) is 17.7 Å². The second-order valence-electron chi connectivity index (χ2n) is 5.28. The van der Waals surface area contributed by atoms with Crippen LogP contribution in [0.2, 0.25) is 0 Å². The van der Waals surface area contributed by atoms with E-state index < -0.39 is 0 Å². The largest absolute Gasteiger partial charge is 0.378 e. The average Bonchev–Trinajstić information content (AvgIpc) is 2.88. The number of hydrogen-bond donors (Lipinski definition) is 1. The van der Waals surface area contributed by atoms with Crippen LogP contribution in [0.5, 0.6) is 0 Å². The van der Waals surface area contributed by atoms with Gasteiger partial charge in [0, 0.05) is 23.1 Å². The van der Waals surface area contributed by atoms with Gasteiger partial charge >= 0.3 is 0 Å². The van der Waals surface area contributed by atoms with Gasteiger partial charge in [0.25, 0.3) is 5.69 Å². The van der Waals surface area contributed by atoms with E-state index in [1.54, 1.807) is 23.5 Å². The lowest BCUT2D eigenvalue weighted by Gasteiger charge is -2.28. The second-order valence-corrected chi connectivity index (χ2v) is 7.90. The Morgan fingerprint density at radius 2 is 2.19 bits per heavy atom. The van der Waals surface area contributed by atoms with Crippen molar-refractivity contribution in [2.45, 2.75) is 35.8 Å². The Morgan fingerprint density at radius 3 is 2.90 bits per heavy atom. The molecule has 6 heteroatoms. The summed E-state index contributed by atoms with van der Waals surface area (Å²) in [6, 6.07) is 7.45. The highest BCUT2D eigenvalue weighted by molar-refractivity contribution is 8.01. The van der Waals surface area contributed by atoms with Crippen LogP contribution in [-0.4, -0.2) is 10.2 Å². The van der Waals surface area contributed by atoms with E-state index in [1.807, 2.05) is 24.8 Å². The summed E-state index contributed by atoms with van der Waals surface area (Å²) in [5, 5.41) is 17.1. The molecule has 0 spiro atoms. The summed E-state index contributed by atoms with van der Waals surface area (Å²) in [5.41, 5.74) is 3.37. The van der Waals surface area contributed by atoms with Crippen molar-refractivity contribution in [3.8, 4) is 0 Å². The number of nitro groups is 1. The molecule has 0 aliphatic carbocycles. The summed E-state index contributed by atoms with van der Waals surface area (Å²) in [6.07, 6.45) is 1.06. The standard InChI is InChI=1S/C15H16N2O2S2/c1-9-7-11(17(18)19)3-4-13(9)16-14-8-10(2)21-15-12(14)5-6-20-15/h3-7,10,14,16H,8H2,1-2H3/t10-,14?/m0/s1. The highest BCUT2D eigenvalue weighted by Crippen LogP contribution is 2.45. The fourth-order valence-corrected chi connectivity index (χ4v) is 5.16. The van der Waals surface area contributed by atoms with Crippen LogP contribution in [0.15, 0.2) is 33.9 Å². The number of nitrogens with one attached hydrogen (secondary N) is 1. The Labute approximate surface area is 131 Å². The SMILES string of the molecule is Cc1cc([N+](=O)[O-])ccc1NC1C[C@H](C)Sc2sccc21. The first-order valence-electron chi connectivity index (χ1n) is 6.80. The number of benzene rings is 1. The molecule has 3 rings (SSSR count). The number of non-ortho nitro benzene ring substituents is 1. The number of aryl methyl sites for hydroxylation is 1. The average molecular weight is 320 g/mol. The predicted octanol–water partition coefficient (Wildman–Crippen LogP) is 5.00. The molecule has 1 aliphatic rings. The van der Waals surface area contributed by atoms with Gasteiger partial charge in [-0.05, 0) is 42.0 Å². The summed E-state index contributed by atoms with van der Waals surface area (Å²) in [6.45, 7) is 4.15. The molecule has 4 nitrogen and oxygen atoms in total. The zero-order valence-corrected chi connectivity index (χ0v) is 13.5. The summed E-state index contributed by atoms with van der Waals surface area (Å²) in [5.74, 6) is 0. The topological polar surface area (TPSA) is 55.2 Å². The molecule has 0 amide bonds. The van der Waals surface area contributed by atoms with Crippen molar-refractivity contribution >= 4 is 34.5 Å². The summed E-state index contributed by atoms with van der Waals surface area (Å²) in [7, 11) is 0. The lowest BCUT2D eigenvalue weighted by molar-refractivity contribution is -0.384. The number of anilines is 1. The summed E-state index contributed by atoms with van der Waals surface area (Å²) < 4.78 is 1.38. The van der Waals surface area contributed by atoms with Crippen molar-refractivity contribution < 1.29 is 4.92 Å². The Balaban J connectivity index is 1.86. The molecule has 1 aromatic heterocycles. The smallest absolute Gasteiger partial charge is 0.269 e. The van der Waals surface area contributed by atoms with Crippen LogP contribution in [-0.2, 0) is 0 Å². The zero-order valence-electron chi connectivity index (χ0n) is 11.8. The van der Waals surface area contributed by atoms with Gasteiger partial charge in [0.1, 0.15) is 0 Å². The number of hydrogen-bond acceptors (Lipinski definition) is 5. The zero-order chi connectivity index (χ0) is 15.0. The Kier molecular flexibility index (Phi) is 3.91. The fraction of sp³-hybridized carbons (Fsp3) is 0.333. The minimum absolute atomic E-state index is 0.141. The van der Waals surface area contributed by atoms with Gasteiger partial charge in [-0.25, -0.2) is 0 Å². The van der Waals surface area contributed by atoms with Crippen molar-refractivity contribution in [3.05, 3.63) is 50.9 Å². The highest BCUT2D eigenvalue weighted by Gasteiger charge is 2.26. The van der Waals surface area contributed by atoms with Crippen molar-refractivity contribution in [2.75, 3.05) is 5.32 Å². The van der Waals surface area contributed by atoms with Gasteiger partial charge in [-0.3, -0.25) is 10.1 Å². The van der Waals surface area contributed by atoms with E-state index in [2.05, 4.69) is 23.7 Å². The molecule has 0 bridgehead atoms. The third-order valence-electron chi connectivity index (χ3n) is 3.66. The summed E-state index contributed by atoms with van der Waals surface area (Å²) in [4.78, 5) is 10.5. The van der Waals surface area contributed by atoms with Crippen LogP contribution in [0, 0.1) is 17.0 Å². The third-order valence-corrected chi connectivity index (χ3v) is 6.00. The minimum Gasteiger partial charge on any atom is -0.378 e. The monoisotopic (exact) mass is 320 g/mol. The van der Waals surface area contributed by atoms with Crippen LogP contribution < -0.4 is 5.32 Å². The van der Waals surface area contributed by atoms with E-state index in [-0.39, 0.29) is 16.7 Å². The molecule has 0 fully saturated rings. The number of thioether (sulfide) groups is 1. The Morgan fingerprint density at radius 1 is 1.38 bits per heavy atom. The van der Waals surface area contributed by atoms with E-state index in [9.17, 15) is 10.1 Å². The van der Waals surface area contributed by atoms with Crippen LogP contribution >= 0.6 is 23.1 Å². The molecule has 21 heavy (non-hydrogen) atoms. The van der Waals surface area contributed by atoms with Gasteiger partial charge in [-0.15, -0.1) is 23.1 Å². The first-order valence-corrected chi connectivity index (χ1v) is 8.56. The molecule has 1 aliphatic heterocycles. The number of rotatable bonds is 3. The third kappa shape index (κ3) is 2.91. The van der Waals surface area contributed by atoms with Gasteiger partial charge in [0.05, 0.1) is 15.2 Å². The minimum atomic E-state index is -0.354. The molecule has 110 valence electrons. The van der Waals surface area contributed by atoms with Crippen LogP contribution in [0.25, 0.3) is 0 Å². The van der Waals surface area contributed by atoms with Crippen LogP contribution in [0.4, 0.5) is 11.4 Å². The first kappa shape index (κ1) is 14.4. The maximum absolute atomic E-state index is 10.8. The molecule has 1 N–H and O–H groups in total. The lowest BCUT2D eigenvalue weighted by atomic mass is 10.0. The van der Waals surface area contributed by atoms with E-state index in [4.69, 9.17) is 0 Å². The maximum atomic E-state index is 10.8. The number of thiophene rings is 1. The first-order chi connectivity index (χ1) is 10.0. The highest BCUT2D eigenvalue weighted by atomic mass is 32.2. The van der Waals surface area contributed by atoms with Crippen LogP contribution in [0.1, 0.15) is 30.5 Å². The van der Waals surface area contributed by atoms with Crippen molar-refractivity contribution in [1.29, 1.82) is 0 Å². The maximum Gasteiger partial charge on any atom is 0.269 e. The predicted molar refractivity (Wildman–Crippen MR) is 88.5 cm³/mol. The molecular weight excluding hydrogens is 304 g/mol. The molecule has 1 unspecified atom stereocenters. The van der Waals surface area contributed by atoms with Crippen molar-refractivity contribution in [1.82, 2.24) is 0 Å².